The summed E-state index contributed by atoms with van der Waals surface area (Å²) in [5, 5.41) is 3.96. The number of nitrogens with one attached hydrogen (secondary N) is 1. The Hall–Kier alpha value is -2.05. The van der Waals surface area contributed by atoms with E-state index in [4.69, 9.17) is 4.74 Å². The predicted molar refractivity (Wildman–Crippen MR) is 106 cm³/mol. The molecule has 0 atom stereocenters. The second-order valence-corrected chi connectivity index (χ2v) is 8.58. The summed E-state index contributed by atoms with van der Waals surface area (Å²) in [4.78, 5) is 18.2. The average Bonchev–Trinajstić information content (AvgIpc) is 2.99. The molecule has 0 fully saturated rings. The standard InChI is InChI=1S/C19H20N2O2S2/c1-11(2)24-14-7-5-6-13(10-14)18(22)21-19-20-16-15(23-4)9-8-12(3)17(16)25-19/h5-11H,1-4H3,(H,20,21,22). The predicted octanol–water partition coefficient (Wildman–Crippen LogP) is 5.37. The number of carbonyl (C=O) groups excluding carboxylic acids is 1. The fraction of sp³-hybridized carbons (Fsp3) is 0.263. The second kappa shape index (κ2) is 7.45. The first-order valence-corrected chi connectivity index (χ1v) is 9.69. The molecular weight excluding hydrogens is 352 g/mol. The van der Waals surface area contributed by atoms with Crippen LogP contribution in [-0.2, 0) is 0 Å². The van der Waals surface area contributed by atoms with Crippen molar-refractivity contribution in [3.05, 3.63) is 47.5 Å². The molecule has 0 saturated carbocycles. The molecule has 4 nitrogen and oxygen atoms in total. The number of thiazole rings is 1. The number of nitrogens with zero attached hydrogens (tertiary/aromatic N) is 1. The number of rotatable bonds is 5. The van der Waals surface area contributed by atoms with Crippen LogP contribution in [0.3, 0.4) is 0 Å². The minimum absolute atomic E-state index is 0.151. The van der Waals surface area contributed by atoms with E-state index < -0.39 is 0 Å². The van der Waals surface area contributed by atoms with E-state index in [0.29, 0.717) is 21.7 Å². The summed E-state index contributed by atoms with van der Waals surface area (Å²) in [5.74, 6) is 0.564. The number of amides is 1. The molecule has 1 N–H and O–H groups in total. The fourth-order valence-corrected chi connectivity index (χ4v) is 4.32. The lowest BCUT2D eigenvalue weighted by Gasteiger charge is -2.07. The van der Waals surface area contributed by atoms with Crippen LogP contribution in [0, 0.1) is 6.92 Å². The van der Waals surface area contributed by atoms with Gasteiger partial charge in [0.2, 0.25) is 0 Å². The first-order chi connectivity index (χ1) is 12.0. The van der Waals surface area contributed by atoms with Gasteiger partial charge in [-0.15, -0.1) is 11.8 Å². The van der Waals surface area contributed by atoms with Gasteiger partial charge in [-0.3, -0.25) is 10.1 Å². The highest BCUT2D eigenvalue weighted by Crippen LogP contribution is 2.35. The zero-order chi connectivity index (χ0) is 18.0. The van der Waals surface area contributed by atoms with Crippen molar-refractivity contribution in [2.24, 2.45) is 0 Å². The van der Waals surface area contributed by atoms with Gasteiger partial charge in [0.15, 0.2) is 5.13 Å². The Bertz CT molecular complexity index is 919. The highest BCUT2D eigenvalue weighted by molar-refractivity contribution is 7.99. The number of aryl methyl sites for hydroxylation is 1. The molecule has 2 aromatic carbocycles. The van der Waals surface area contributed by atoms with Gasteiger partial charge in [-0.25, -0.2) is 4.98 Å². The average molecular weight is 373 g/mol. The number of anilines is 1. The topological polar surface area (TPSA) is 51.2 Å². The van der Waals surface area contributed by atoms with E-state index in [1.54, 1.807) is 18.9 Å². The van der Waals surface area contributed by atoms with Crippen LogP contribution in [0.4, 0.5) is 5.13 Å². The number of carbonyl (C=O) groups is 1. The molecule has 0 radical (unpaired) electrons. The molecule has 3 aromatic rings. The maximum Gasteiger partial charge on any atom is 0.257 e. The first kappa shape index (κ1) is 17.8. The van der Waals surface area contributed by atoms with Gasteiger partial charge in [-0.05, 0) is 36.8 Å². The van der Waals surface area contributed by atoms with Crippen molar-refractivity contribution in [3.63, 3.8) is 0 Å². The van der Waals surface area contributed by atoms with Crippen LogP contribution in [0.25, 0.3) is 10.2 Å². The van der Waals surface area contributed by atoms with Crippen molar-refractivity contribution in [2.75, 3.05) is 12.4 Å². The summed E-state index contributed by atoms with van der Waals surface area (Å²) < 4.78 is 6.39. The molecule has 130 valence electrons. The highest BCUT2D eigenvalue weighted by Gasteiger charge is 2.14. The fourth-order valence-electron chi connectivity index (χ4n) is 2.48. The Balaban J connectivity index is 1.86. The van der Waals surface area contributed by atoms with Crippen molar-refractivity contribution in [1.82, 2.24) is 4.98 Å². The van der Waals surface area contributed by atoms with Crippen LogP contribution in [0.5, 0.6) is 5.75 Å². The molecule has 0 aliphatic heterocycles. The van der Waals surface area contributed by atoms with Gasteiger partial charge >= 0.3 is 0 Å². The third-order valence-corrected chi connectivity index (χ3v) is 5.72. The highest BCUT2D eigenvalue weighted by atomic mass is 32.2. The van der Waals surface area contributed by atoms with Crippen LogP contribution < -0.4 is 10.1 Å². The number of benzene rings is 2. The van der Waals surface area contributed by atoms with E-state index >= 15 is 0 Å². The lowest BCUT2D eigenvalue weighted by atomic mass is 10.2. The molecule has 0 saturated heterocycles. The van der Waals surface area contributed by atoms with E-state index in [9.17, 15) is 4.79 Å². The Labute approximate surface area is 155 Å². The van der Waals surface area contributed by atoms with Gasteiger partial charge in [0, 0.05) is 15.7 Å². The SMILES string of the molecule is COc1ccc(C)c2sc(NC(=O)c3cccc(SC(C)C)c3)nc12. The van der Waals surface area contributed by atoms with Crippen LogP contribution in [0.2, 0.25) is 0 Å². The molecule has 3 rings (SSSR count). The Morgan fingerprint density at radius 3 is 2.80 bits per heavy atom. The van der Waals surface area contributed by atoms with E-state index in [1.165, 1.54) is 11.3 Å². The van der Waals surface area contributed by atoms with Crippen LogP contribution in [-0.4, -0.2) is 23.3 Å². The van der Waals surface area contributed by atoms with Crippen LogP contribution in [0.1, 0.15) is 29.8 Å². The van der Waals surface area contributed by atoms with Crippen LogP contribution >= 0.6 is 23.1 Å². The molecule has 1 amide bonds. The molecule has 25 heavy (non-hydrogen) atoms. The maximum absolute atomic E-state index is 12.6. The van der Waals surface area contributed by atoms with E-state index in [1.807, 2.05) is 43.3 Å². The summed E-state index contributed by atoms with van der Waals surface area (Å²) in [6, 6.07) is 11.6. The lowest BCUT2D eigenvalue weighted by Crippen LogP contribution is -2.11. The third kappa shape index (κ3) is 3.96. The number of methoxy groups -OCH3 is 1. The molecule has 0 unspecified atom stereocenters. The van der Waals surface area contributed by atoms with Gasteiger partial charge in [0.25, 0.3) is 5.91 Å². The molecule has 0 bridgehead atoms. The zero-order valence-electron chi connectivity index (χ0n) is 14.6. The number of ether oxygens (including phenoxy) is 1. The number of hydrogen-bond acceptors (Lipinski definition) is 5. The van der Waals surface area contributed by atoms with Crippen LogP contribution in [0.15, 0.2) is 41.3 Å². The molecule has 0 spiro atoms. The Kier molecular flexibility index (Phi) is 5.30. The summed E-state index contributed by atoms with van der Waals surface area (Å²) in [6.45, 7) is 6.29. The summed E-state index contributed by atoms with van der Waals surface area (Å²) in [5.41, 5.74) is 2.53. The molecule has 1 aromatic heterocycles. The normalized spacial score (nSPS) is 11.1. The molecule has 1 heterocycles. The monoisotopic (exact) mass is 372 g/mol. The van der Waals surface area contributed by atoms with Crippen molar-refractivity contribution in [2.45, 2.75) is 30.9 Å². The number of thioether (sulfide) groups is 1. The molecular formula is C19H20N2O2S2. The number of hydrogen-bond donors (Lipinski definition) is 1. The minimum atomic E-state index is -0.151. The van der Waals surface area contributed by atoms with Crippen molar-refractivity contribution in [3.8, 4) is 5.75 Å². The molecule has 0 aliphatic rings. The maximum atomic E-state index is 12.6. The van der Waals surface area contributed by atoms with Crippen molar-refractivity contribution < 1.29 is 9.53 Å². The van der Waals surface area contributed by atoms with E-state index in [-0.39, 0.29) is 5.91 Å². The lowest BCUT2D eigenvalue weighted by molar-refractivity contribution is 0.102. The van der Waals surface area contributed by atoms with Gasteiger partial charge in [0.05, 0.1) is 11.8 Å². The quantitative estimate of drug-likeness (QED) is 0.612. The van der Waals surface area contributed by atoms with Gasteiger partial charge in [-0.1, -0.05) is 37.3 Å². The van der Waals surface area contributed by atoms with E-state index in [2.05, 4.69) is 24.1 Å². The molecule has 0 aliphatic carbocycles. The van der Waals surface area contributed by atoms with Gasteiger partial charge < -0.3 is 4.74 Å². The Morgan fingerprint density at radius 2 is 2.08 bits per heavy atom. The number of fused-ring (bicyclic) bond motifs is 1. The van der Waals surface area contributed by atoms with Gasteiger partial charge in [0.1, 0.15) is 11.3 Å². The number of aromatic nitrogens is 1. The van der Waals surface area contributed by atoms with Crippen molar-refractivity contribution in [1.29, 1.82) is 0 Å². The molecule has 6 heteroatoms. The Morgan fingerprint density at radius 1 is 1.28 bits per heavy atom. The van der Waals surface area contributed by atoms with Crippen molar-refractivity contribution >= 4 is 44.4 Å². The van der Waals surface area contributed by atoms with Gasteiger partial charge in [-0.2, -0.15) is 0 Å². The summed E-state index contributed by atoms with van der Waals surface area (Å²) >= 11 is 3.20. The largest absolute Gasteiger partial charge is 0.494 e. The summed E-state index contributed by atoms with van der Waals surface area (Å²) in [7, 11) is 1.62. The summed E-state index contributed by atoms with van der Waals surface area (Å²) in [6.07, 6.45) is 0. The minimum Gasteiger partial charge on any atom is -0.494 e. The zero-order valence-corrected chi connectivity index (χ0v) is 16.3. The first-order valence-electron chi connectivity index (χ1n) is 8.00. The third-order valence-electron chi connectivity index (χ3n) is 3.61. The smallest absolute Gasteiger partial charge is 0.257 e. The second-order valence-electron chi connectivity index (χ2n) is 5.93. The van der Waals surface area contributed by atoms with E-state index in [0.717, 1.165) is 20.7 Å².